The highest BCUT2D eigenvalue weighted by molar-refractivity contribution is 6.31. The van der Waals surface area contributed by atoms with Crippen molar-refractivity contribution in [2.75, 3.05) is 24.7 Å². The zero-order valence-electron chi connectivity index (χ0n) is 14.7. The number of nitrogens with two attached hydrogens (primary N) is 1. The largest absolute Gasteiger partial charge is 0.470 e. The van der Waals surface area contributed by atoms with Crippen LogP contribution in [-0.4, -0.2) is 24.1 Å². The molecule has 140 valence electrons. The second-order valence-corrected chi connectivity index (χ2v) is 6.38. The summed E-state index contributed by atoms with van der Waals surface area (Å²) in [5, 5.41) is -0.336. The molecule has 8 heteroatoms. The molecule has 0 atom stereocenters. The van der Waals surface area contributed by atoms with Crippen LogP contribution in [0.4, 0.5) is 20.3 Å². The monoisotopic (exact) mass is 390 g/mol. The smallest absolute Gasteiger partial charge is 0.258 e. The lowest BCUT2D eigenvalue weighted by molar-refractivity contribution is 0.288. The number of aromatic nitrogens is 2. The molecular formula is C19H17ClF2N4O. The lowest BCUT2D eigenvalue weighted by Gasteiger charge is -2.13. The van der Waals surface area contributed by atoms with E-state index in [0.717, 1.165) is 23.4 Å². The highest BCUT2D eigenvalue weighted by Gasteiger charge is 2.15. The SMILES string of the molecule is CN(C)c1ccc(-c2cnc(N)c(OCc3c(F)ccc(F)c3Cl)n2)cc1. The molecular weight excluding hydrogens is 374 g/mol. The maximum Gasteiger partial charge on any atom is 0.258 e. The van der Waals surface area contributed by atoms with Crippen LogP contribution in [0.15, 0.2) is 42.6 Å². The van der Waals surface area contributed by atoms with Crippen LogP contribution < -0.4 is 15.4 Å². The summed E-state index contributed by atoms with van der Waals surface area (Å²) >= 11 is 5.81. The zero-order chi connectivity index (χ0) is 19.6. The molecule has 3 aromatic rings. The number of nitrogens with zero attached hydrogens (tertiary/aromatic N) is 3. The van der Waals surface area contributed by atoms with Gasteiger partial charge in [-0.3, -0.25) is 0 Å². The Labute approximate surface area is 160 Å². The topological polar surface area (TPSA) is 64.3 Å². The summed E-state index contributed by atoms with van der Waals surface area (Å²) in [7, 11) is 3.89. The Morgan fingerprint density at radius 3 is 2.41 bits per heavy atom. The number of halogens is 3. The van der Waals surface area contributed by atoms with Crippen molar-refractivity contribution in [3.8, 4) is 17.1 Å². The van der Waals surface area contributed by atoms with Gasteiger partial charge in [-0.05, 0) is 24.3 Å². The van der Waals surface area contributed by atoms with Crippen LogP contribution in [-0.2, 0) is 6.61 Å². The van der Waals surface area contributed by atoms with E-state index in [1.807, 2.05) is 43.3 Å². The fourth-order valence-corrected chi connectivity index (χ4v) is 2.61. The van der Waals surface area contributed by atoms with E-state index in [1.54, 1.807) is 0 Å². The Morgan fingerprint density at radius 2 is 1.74 bits per heavy atom. The molecule has 1 aromatic heterocycles. The van der Waals surface area contributed by atoms with Gasteiger partial charge >= 0.3 is 0 Å². The Hall–Kier alpha value is -2.93. The minimum absolute atomic E-state index is 0.0175. The summed E-state index contributed by atoms with van der Waals surface area (Å²) in [6, 6.07) is 9.60. The molecule has 1 heterocycles. The molecule has 0 bridgehead atoms. The Balaban J connectivity index is 1.85. The number of hydrogen-bond acceptors (Lipinski definition) is 5. The van der Waals surface area contributed by atoms with Gasteiger partial charge in [0.25, 0.3) is 5.88 Å². The van der Waals surface area contributed by atoms with Crippen LogP contribution in [0, 0.1) is 11.6 Å². The predicted molar refractivity (Wildman–Crippen MR) is 102 cm³/mol. The summed E-state index contributed by atoms with van der Waals surface area (Å²) in [6.07, 6.45) is 1.52. The first-order valence-electron chi connectivity index (χ1n) is 8.02. The summed E-state index contributed by atoms with van der Waals surface area (Å²) in [5.74, 6) is -1.35. The van der Waals surface area contributed by atoms with Crippen molar-refractivity contribution in [1.82, 2.24) is 9.97 Å². The third-order valence-corrected chi connectivity index (χ3v) is 4.35. The normalized spacial score (nSPS) is 10.7. The van der Waals surface area contributed by atoms with E-state index in [1.165, 1.54) is 6.20 Å². The van der Waals surface area contributed by atoms with E-state index in [4.69, 9.17) is 22.1 Å². The van der Waals surface area contributed by atoms with Gasteiger partial charge in [-0.2, -0.15) is 0 Å². The molecule has 2 aromatic carbocycles. The van der Waals surface area contributed by atoms with Gasteiger partial charge < -0.3 is 15.4 Å². The average molecular weight is 391 g/mol. The maximum atomic E-state index is 13.9. The van der Waals surface area contributed by atoms with Crippen LogP contribution in [0.5, 0.6) is 5.88 Å². The fourth-order valence-electron chi connectivity index (χ4n) is 2.40. The Morgan fingerprint density at radius 1 is 1.07 bits per heavy atom. The van der Waals surface area contributed by atoms with Gasteiger partial charge in [0.1, 0.15) is 18.2 Å². The molecule has 0 fully saturated rings. The van der Waals surface area contributed by atoms with E-state index in [9.17, 15) is 8.78 Å². The highest BCUT2D eigenvalue weighted by atomic mass is 35.5. The Kier molecular flexibility index (Phi) is 5.41. The molecule has 2 N–H and O–H groups in total. The second-order valence-electron chi connectivity index (χ2n) is 6.00. The molecule has 0 amide bonds. The zero-order valence-corrected chi connectivity index (χ0v) is 15.5. The van der Waals surface area contributed by atoms with Crippen LogP contribution >= 0.6 is 11.6 Å². The van der Waals surface area contributed by atoms with E-state index >= 15 is 0 Å². The number of nitrogen functional groups attached to an aromatic ring is 1. The molecule has 0 spiro atoms. The van der Waals surface area contributed by atoms with E-state index in [2.05, 4.69) is 9.97 Å². The number of rotatable bonds is 5. The van der Waals surface area contributed by atoms with Gasteiger partial charge in [-0.25, -0.2) is 18.7 Å². The molecule has 3 rings (SSSR count). The van der Waals surface area contributed by atoms with Gasteiger partial charge in [0, 0.05) is 30.9 Å². The highest BCUT2D eigenvalue weighted by Crippen LogP contribution is 2.27. The maximum absolute atomic E-state index is 13.9. The molecule has 0 saturated heterocycles. The molecule has 0 saturated carbocycles. The third-order valence-electron chi connectivity index (χ3n) is 3.94. The molecule has 27 heavy (non-hydrogen) atoms. The van der Waals surface area contributed by atoms with Gasteiger partial charge in [0.05, 0.1) is 16.9 Å². The van der Waals surface area contributed by atoms with Crippen molar-refractivity contribution in [3.63, 3.8) is 0 Å². The van der Waals surface area contributed by atoms with Crippen molar-refractivity contribution >= 4 is 23.1 Å². The fraction of sp³-hybridized carbons (Fsp3) is 0.158. The Bertz CT molecular complexity index is 965. The molecule has 0 unspecified atom stereocenters. The quantitative estimate of drug-likeness (QED) is 0.658. The van der Waals surface area contributed by atoms with Crippen molar-refractivity contribution in [1.29, 1.82) is 0 Å². The van der Waals surface area contributed by atoms with Crippen molar-refractivity contribution in [3.05, 3.63) is 64.8 Å². The van der Waals surface area contributed by atoms with E-state index < -0.39 is 11.6 Å². The molecule has 0 aliphatic carbocycles. The number of benzene rings is 2. The minimum atomic E-state index is -0.731. The summed E-state index contributed by atoms with van der Waals surface area (Å²) < 4.78 is 32.9. The van der Waals surface area contributed by atoms with Crippen LogP contribution in [0.1, 0.15) is 5.56 Å². The van der Waals surface area contributed by atoms with Gasteiger partial charge in [-0.1, -0.05) is 23.7 Å². The summed E-state index contributed by atoms with van der Waals surface area (Å²) in [5.41, 5.74) is 8.07. The number of ether oxygens (including phenoxy) is 1. The van der Waals surface area contributed by atoms with E-state index in [0.29, 0.717) is 5.69 Å². The standard InChI is InChI=1S/C19H17ClF2N4O/c1-26(2)12-5-3-11(4-6-12)16-9-24-18(23)19(25-16)27-10-13-14(21)7-8-15(22)17(13)20/h3-9H,10H2,1-2H3,(H2,23,24). The van der Waals surface area contributed by atoms with Crippen molar-refractivity contribution in [2.45, 2.75) is 6.61 Å². The summed E-state index contributed by atoms with van der Waals surface area (Å²) in [4.78, 5) is 10.4. The van der Waals surface area contributed by atoms with Crippen LogP contribution in [0.25, 0.3) is 11.3 Å². The first-order chi connectivity index (χ1) is 12.9. The minimum Gasteiger partial charge on any atom is -0.470 e. The lowest BCUT2D eigenvalue weighted by atomic mass is 10.1. The van der Waals surface area contributed by atoms with Crippen LogP contribution in [0.2, 0.25) is 5.02 Å². The van der Waals surface area contributed by atoms with Gasteiger partial charge in [-0.15, -0.1) is 0 Å². The van der Waals surface area contributed by atoms with E-state index in [-0.39, 0.29) is 28.9 Å². The number of anilines is 2. The van der Waals surface area contributed by atoms with Crippen molar-refractivity contribution in [2.24, 2.45) is 0 Å². The number of hydrogen-bond donors (Lipinski definition) is 1. The molecule has 0 aliphatic heterocycles. The first-order valence-corrected chi connectivity index (χ1v) is 8.40. The van der Waals surface area contributed by atoms with Crippen molar-refractivity contribution < 1.29 is 13.5 Å². The van der Waals surface area contributed by atoms with Gasteiger partial charge in [0.15, 0.2) is 5.82 Å². The molecule has 5 nitrogen and oxygen atoms in total. The summed E-state index contributed by atoms with van der Waals surface area (Å²) in [6.45, 7) is -0.329. The molecule has 0 aliphatic rings. The second kappa shape index (κ2) is 7.75. The van der Waals surface area contributed by atoms with Gasteiger partial charge in [0.2, 0.25) is 0 Å². The van der Waals surface area contributed by atoms with Crippen LogP contribution in [0.3, 0.4) is 0 Å². The third kappa shape index (κ3) is 4.09. The lowest BCUT2D eigenvalue weighted by Crippen LogP contribution is -2.08. The first kappa shape index (κ1) is 18.8. The molecule has 0 radical (unpaired) electrons. The predicted octanol–water partition coefficient (Wildman–Crippen LogP) is 4.30. The average Bonchev–Trinajstić information content (AvgIpc) is 2.66.